The summed E-state index contributed by atoms with van der Waals surface area (Å²) in [4.78, 5) is 22.8. The number of thioether (sulfide) groups is 1. The van der Waals surface area contributed by atoms with Crippen LogP contribution in [0.3, 0.4) is 0 Å². The molecule has 1 aliphatic heterocycles. The molecule has 0 spiro atoms. The summed E-state index contributed by atoms with van der Waals surface area (Å²) in [6.07, 6.45) is 4.33. The molecule has 0 unspecified atom stereocenters. The van der Waals surface area contributed by atoms with Crippen LogP contribution in [0.25, 0.3) is 0 Å². The number of carbonyl (C=O) groups is 1. The SMILES string of the molecule is C[C@H](Sc1ncccn1)C(=O)N1CCc2ccccc2C1. The molecular weight excluding hydrogens is 282 g/mol. The lowest BCUT2D eigenvalue weighted by Crippen LogP contribution is -2.40. The lowest BCUT2D eigenvalue weighted by atomic mass is 10.00. The second-order valence-electron chi connectivity index (χ2n) is 5.07. The maximum Gasteiger partial charge on any atom is 0.236 e. The van der Waals surface area contributed by atoms with Crippen molar-refractivity contribution in [1.82, 2.24) is 14.9 Å². The van der Waals surface area contributed by atoms with Crippen LogP contribution in [0.5, 0.6) is 0 Å². The smallest absolute Gasteiger partial charge is 0.236 e. The van der Waals surface area contributed by atoms with E-state index in [2.05, 4.69) is 28.2 Å². The van der Waals surface area contributed by atoms with Crippen molar-refractivity contribution < 1.29 is 4.79 Å². The van der Waals surface area contributed by atoms with Gasteiger partial charge in [0.2, 0.25) is 5.91 Å². The highest BCUT2D eigenvalue weighted by molar-refractivity contribution is 8.00. The number of carbonyl (C=O) groups excluding carboxylic acids is 1. The second kappa shape index (κ2) is 6.26. The van der Waals surface area contributed by atoms with Crippen molar-refractivity contribution >= 4 is 17.7 Å². The van der Waals surface area contributed by atoms with Gasteiger partial charge in [-0.1, -0.05) is 36.0 Å². The summed E-state index contributed by atoms with van der Waals surface area (Å²) in [6, 6.07) is 10.1. The fourth-order valence-corrected chi connectivity index (χ4v) is 3.31. The molecule has 1 aliphatic rings. The van der Waals surface area contributed by atoms with Crippen LogP contribution < -0.4 is 0 Å². The minimum atomic E-state index is -0.169. The molecule has 21 heavy (non-hydrogen) atoms. The minimum absolute atomic E-state index is 0.155. The predicted octanol–water partition coefficient (Wildman–Crippen LogP) is 2.54. The van der Waals surface area contributed by atoms with E-state index in [-0.39, 0.29) is 11.2 Å². The van der Waals surface area contributed by atoms with Crippen LogP contribution in [0, 0.1) is 0 Å². The molecule has 0 N–H and O–H groups in total. The topological polar surface area (TPSA) is 46.1 Å². The van der Waals surface area contributed by atoms with Gasteiger partial charge >= 0.3 is 0 Å². The van der Waals surface area contributed by atoms with Crippen molar-refractivity contribution in [2.24, 2.45) is 0 Å². The Hall–Kier alpha value is -1.88. The van der Waals surface area contributed by atoms with Gasteiger partial charge in [0.1, 0.15) is 0 Å². The summed E-state index contributed by atoms with van der Waals surface area (Å²) in [5.41, 5.74) is 2.61. The van der Waals surface area contributed by atoms with Crippen molar-refractivity contribution in [3.05, 3.63) is 53.9 Å². The molecule has 2 aromatic rings. The monoisotopic (exact) mass is 299 g/mol. The molecule has 0 saturated heterocycles. The number of aromatic nitrogens is 2. The summed E-state index contributed by atoms with van der Waals surface area (Å²) in [6.45, 7) is 3.41. The van der Waals surface area contributed by atoms with Gasteiger partial charge in [-0.15, -0.1) is 0 Å². The first-order valence-electron chi connectivity index (χ1n) is 7.03. The van der Waals surface area contributed by atoms with E-state index >= 15 is 0 Å². The first-order chi connectivity index (χ1) is 10.2. The Balaban J connectivity index is 1.66. The van der Waals surface area contributed by atoms with Crippen molar-refractivity contribution in [3.8, 4) is 0 Å². The molecule has 4 nitrogen and oxygen atoms in total. The third-order valence-corrected chi connectivity index (χ3v) is 4.59. The van der Waals surface area contributed by atoms with E-state index in [9.17, 15) is 4.79 Å². The molecule has 108 valence electrons. The lowest BCUT2D eigenvalue weighted by molar-refractivity contribution is -0.131. The highest BCUT2D eigenvalue weighted by Crippen LogP contribution is 2.24. The Morgan fingerprint density at radius 2 is 1.90 bits per heavy atom. The van der Waals surface area contributed by atoms with Crippen LogP contribution in [-0.4, -0.2) is 32.6 Å². The molecule has 0 radical (unpaired) electrons. The summed E-state index contributed by atoms with van der Waals surface area (Å²) in [5.74, 6) is 0.155. The second-order valence-corrected chi connectivity index (χ2v) is 6.38. The normalized spacial score (nSPS) is 15.4. The Labute approximate surface area is 128 Å². The van der Waals surface area contributed by atoms with Crippen molar-refractivity contribution in [2.75, 3.05) is 6.54 Å². The van der Waals surface area contributed by atoms with Crippen LogP contribution in [0.4, 0.5) is 0 Å². The maximum absolute atomic E-state index is 12.6. The van der Waals surface area contributed by atoms with Gasteiger partial charge in [0.15, 0.2) is 5.16 Å². The molecule has 5 heteroatoms. The third kappa shape index (κ3) is 3.24. The fourth-order valence-electron chi connectivity index (χ4n) is 2.50. The average Bonchev–Trinajstić information content (AvgIpc) is 2.54. The third-order valence-electron chi connectivity index (χ3n) is 3.61. The van der Waals surface area contributed by atoms with Gasteiger partial charge in [0, 0.05) is 25.5 Å². The number of rotatable bonds is 3. The number of hydrogen-bond donors (Lipinski definition) is 0. The zero-order chi connectivity index (χ0) is 14.7. The van der Waals surface area contributed by atoms with E-state index < -0.39 is 0 Å². The minimum Gasteiger partial charge on any atom is -0.337 e. The van der Waals surface area contributed by atoms with Gasteiger partial charge in [0.05, 0.1) is 5.25 Å². The molecule has 0 saturated carbocycles. The maximum atomic E-state index is 12.6. The summed E-state index contributed by atoms with van der Waals surface area (Å²) >= 11 is 1.41. The summed E-state index contributed by atoms with van der Waals surface area (Å²) in [5, 5.41) is 0.480. The molecule has 3 rings (SSSR count). The van der Waals surface area contributed by atoms with Gasteiger partial charge in [-0.3, -0.25) is 4.79 Å². The molecule has 2 heterocycles. The van der Waals surface area contributed by atoms with Crippen LogP contribution in [0.2, 0.25) is 0 Å². The summed E-state index contributed by atoms with van der Waals surface area (Å²) in [7, 11) is 0. The fraction of sp³-hybridized carbons (Fsp3) is 0.312. The first-order valence-corrected chi connectivity index (χ1v) is 7.91. The largest absolute Gasteiger partial charge is 0.337 e. The molecule has 0 bridgehead atoms. The van der Waals surface area contributed by atoms with Gasteiger partial charge < -0.3 is 4.90 Å². The Kier molecular flexibility index (Phi) is 4.20. The van der Waals surface area contributed by atoms with E-state index in [1.54, 1.807) is 18.5 Å². The highest BCUT2D eigenvalue weighted by atomic mass is 32.2. The van der Waals surface area contributed by atoms with Gasteiger partial charge in [-0.2, -0.15) is 0 Å². The van der Waals surface area contributed by atoms with Crippen LogP contribution in [0.1, 0.15) is 18.1 Å². The van der Waals surface area contributed by atoms with Crippen LogP contribution in [-0.2, 0) is 17.8 Å². The van der Waals surface area contributed by atoms with Gasteiger partial charge in [-0.25, -0.2) is 9.97 Å². The number of nitrogens with zero attached hydrogens (tertiary/aromatic N) is 3. The van der Waals surface area contributed by atoms with Crippen molar-refractivity contribution in [3.63, 3.8) is 0 Å². The number of hydrogen-bond acceptors (Lipinski definition) is 4. The van der Waals surface area contributed by atoms with Gasteiger partial charge in [0.25, 0.3) is 0 Å². The average molecular weight is 299 g/mol. The van der Waals surface area contributed by atoms with Crippen LogP contribution >= 0.6 is 11.8 Å². The molecule has 1 amide bonds. The predicted molar refractivity (Wildman–Crippen MR) is 82.9 cm³/mol. The Morgan fingerprint density at radius 3 is 2.67 bits per heavy atom. The molecule has 1 aromatic carbocycles. The first kappa shape index (κ1) is 14.1. The van der Waals surface area contributed by atoms with Gasteiger partial charge in [-0.05, 0) is 30.5 Å². The van der Waals surface area contributed by atoms with Crippen LogP contribution in [0.15, 0.2) is 47.9 Å². The number of fused-ring (bicyclic) bond motifs is 1. The standard InChI is InChI=1S/C16H17N3OS/c1-12(21-16-17-8-4-9-18-16)15(20)19-10-7-13-5-2-3-6-14(13)11-19/h2-6,8-9,12H,7,10-11H2,1H3/t12-/m0/s1. The zero-order valence-electron chi connectivity index (χ0n) is 11.9. The molecule has 0 fully saturated rings. The van der Waals surface area contributed by atoms with Crippen molar-refractivity contribution in [2.45, 2.75) is 30.3 Å². The number of benzene rings is 1. The van der Waals surface area contributed by atoms with E-state index in [0.29, 0.717) is 11.7 Å². The lowest BCUT2D eigenvalue weighted by Gasteiger charge is -2.30. The highest BCUT2D eigenvalue weighted by Gasteiger charge is 2.25. The van der Waals surface area contributed by atoms with E-state index in [1.165, 1.54) is 22.9 Å². The quantitative estimate of drug-likeness (QED) is 0.645. The molecular formula is C16H17N3OS. The van der Waals surface area contributed by atoms with E-state index in [1.807, 2.05) is 17.9 Å². The zero-order valence-corrected chi connectivity index (χ0v) is 12.7. The van der Waals surface area contributed by atoms with E-state index in [0.717, 1.165) is 13.0 Å². The molecule has 1 aromatic heterocycles. The summed E-state index contributed by atoms with van der Waals surface area (Å²) < 4.78 is 0. The Morgan fingerprint density at radius 1 is 1.19 bits per heavy atom. The number of amides is 1. The van der Waals surface area contributed by atoms with Crippen molar-refractivity contribution in [1.29, 1.82) is 0 Å². The van der Waals surface area contributed by atoms with E-state index in [4.69, 9.17) is 0 Å². The Bertz CT molecular complexity index is 632. The molecule has 0 aliphatic carbocycles. The molecule has 1 atom stereocenters.